The molecule has 4 nitrogen and oxygen atoms in total. The van der Waals surface area contributed by atoms with E-state index in [1.807, 2.05) is 31.2 Å². The van der Waals surface area contributed by atoms with Gasteiger partial charge in [-0.15, -0.1) is 0 Å². The maximum atomic E-state index is 6.10. The number of hydrogen-bond acceptors (Lipinski definition) is 4. The molecule has 0 atom stereocenters. The first-order valence-corrected chi connectivity index (χ1v) is 7.01. The lowest BCUT2D eigenvalue weighted by Gasteiger charge is -2.11. The SMILES string of the molecule is Cc1ncc2cc(-c3cccc(Br)c3C)c(N)nc2n1. The molecule has 3 rings (SSSR count). The molecule has 0 aliphatic rings. The summed E-state index contributed by atoms with van der Waals surface area (Å²) in [6, 6.07) is 8.03. The van der Waals surface area contributed by atoms with Gasteiger partial charge in [-0.1, -0.05) is 28.1 Å². The molecule has 0 bridgehead atoms. The molecule has 0 unspecified atom stereocenters. The highest BCUT2D eigenvalue weighted by molar-refractivity contribution is 9.10. The molecule has 0 saturated carbocycles. The fourth-order valence-corrected chi connectivity index (χ4v) is 2.54. The second kappa shape index (κ2) is 4.83. The van der Waals surface area contributed by atoms with Gasteiger partial charge in [-0.2, -0.15) is 0 Å². The molecule has 0 aliphatic heterocycles. The van der Waals surface area contributed by atoms with Crippen LogP contribution in [0.4, 0.5) is 5.82 Å². The van der Waals surface area contributed by atoms with Crippen LogP contribution >= 0.6 is 15.9 Å². The average Bonchev–Trinajstić information content (AvgIpc) is 2.41. The molecule has 0 spiro atoms. The number of anilines is 1. The molecule has 2 heterocycles. The summed E-state index contributed by atoms with van der Waals surface area (Å²) in [6.45, 7) is 3.89. The minimum atomic E-state index is 0.483. The van der Waals surface area contributed by atoms with Crippen LogP contribution in [-0.4, -0.2) is 15.0 Å². The summed E-state index contributed by atoms with van der Waals surface area (Å²) < 4.78 is 1.05. The van der Waals surface area contributed by atoms with Crippen molar-refractivity contribution in [1.82, 2.24) is 15.0 Å². The van der Waals surface area contributed by atoms with Gasteiger partial charge in [0.1, 0.15) is 11.6 Å². The summed E-state index contributed by atoms with van der Waals surface area (Å²) >= 11 is 3.54. The standard InChI is InChI=1S/C15H13BrN4/c1-8-11(4-3-5-13(8)16)12-6-10-7-18-9(2)19-15(10)20-14(12)17/h3-7H,1-2H3,(H2,17,18,19,20). The number of benzene rings is 1. The van der Waals surface area contributed by atoms with Crippen molar-refractivity contribution in [2.24, 2.45) is 0 Å². The molecule has 0 saturated heterocycles. The van der Waals surface area contributed by atoms with Gasteiger partial charge in [-0.05, 0) is 37.1 Å². The second-order valence-electron chi connectivity index (χ2n) is 4.66. The summed E-state index contributed by atoms with van der Waals surface area (Å²) in [5.41, 5.74) is 9.83. The van der Waals surface area contributed by atoms with Crippen molar-refractivity contribution < 1.29 is 0 Å². The highest BCUT2D eigenvalue weighted by Gasteiger charge is 2.11. The van der Waals surface area contributed by atoms with Gasteiger partial charge in [0, 0.05) is 21.6 Å². The maximum Gasteiger partial charge on any atom is 0.165 e. The van der Waals surface area contributed by atoms with E-state index in [2.05, 4.69) is 37.8 Å². The number of hydrogen-bond donors (Lipinski definition) is 1. The molecule has 1 aromatic carbocycles. The molecule has 0 amide bonds. The van der Waals surface area contributed by atoms with Crippen molar-refractivity contribution >= 4 is 32.8 Å². The Morgan fingerprint density at radius 3 is 2.70 bits per heavy atom. The predicted octanol–water partition coefficient (Wildman–Crippen LogP) is 3.65. The molecule has 2 aromatic heterocycles. The highest BCUT2D eigenvalue weighted by Crippen LogP contribution is 2.33. The zero-order valence-corrected chi connectivity index (χ0v) is 12.8. The summed E-state index contributed by atoms with van der Waals surface area (Å²) in [5, 5.41) is 0.888. The molecule has 2 N–H and O–H groups in total. The Kier molecular flexibility index (Phi) is 3.14. The third-order valence-corrected chi connectivity index (χ3v) is 4.14. The summed E-state index contributed by atoms with van der Waals surface area (Å²) in [5.74, 6) is 1.17. The zero-order valence-electron chi connectivity index (χ0n) is 11.2. The van der Waals surface area contributed by atoms with E-state index < -0.39 is 0 Å². The molecule has 0 fully saturated rings. The maximum absolute atomic E-state index is 6.10. The van der Waals surface area contributed by atoms with Crippen LogP contribution in [0.3, 0.4) is 0 Å². The quantitative estimate of drug-likeness (QED) is 0.740. The molecular weight excluding hydrogens is 316 g/mol. The molecular formula is C15H13BrN4. The number of fused-ring (bicyclic) bond motifs is 1. The second-order valence-corrected chi connectivity index (χ2v) is 5.52. The molecule has 100 valence electrons. The summed E-state index contributed by atoms with van der Waals surface area (Å²) in [6.07, 6.45) is 1.78. The lowest BCUT2D eigenvalue weighted by atomic mass is 10.0. The Balaban J connectivity index is 2.29. The van der Waals surface area contributed by atoms with Gasteiger partial charge in [0.25, 0.3) is 0 Å². The fourth-order valence-electron chi connectivity index (χ4n) is 2.18. The molecule has 20 heavy (non-hydrogen) atoms. The minimum Gasteiger partial charge on any atom is -0.383 e. The van der Waals surface area contributed by atoms with Gasteiger partial charge in [-0.3, -0.25) is 0 Å². The molecule has 3 aromatic rings. The average molecular weight is 329 g/mol. The summed E-state index contributed by atoms with van der Waals surface area (Å²) in [4.78, 5) is 12.9. The van der Waals surface area contributed by atoms with Crippen molar-refractivity contribution in [3.05, 3.63) is 46.3 Å². The number of nitrogen functional groups attached to an aromatic ring is 1. The van der Waals surface area contributed by atoms with Crippen LogP contribution in [-0.2, 0) is 0 Å². The fraction of sp³-hybridized carbons (Fsp3) is 0.133. The van der Waals surface area contributed by atoms with Crippen molar-refractivity contribution in [3.8, 4) is 11.1 Å². The largest absolute Gasteiger partial charge is 0.383 e. The van der Waals surface area contributed by atoms with Gasteiger partial charge in [0.15, 0.2) is 5.65 Å². The van der Waals surface area contributed by atoms with Crippen molar-refractivity contribution in [3.63, 3.8) is 0 Å². The van der Waals surface area contributed by atoms with Crippen molar-refractivity contribution in [2.75, 3.05) is 5.73 Å². The number of nitrogens with two attached hydrogens (primary N) is 1. The van der Waals surface area contributed by atoms with E-state index in [9.17, 15) is 0 Å². The van der Waals surface area contributed by atoms with Crippen LogP contribution in [0.5, 0.6) is 0 Å². The zero-order chi connectivity index (χ0) is 14.3. The van der Waals surface area contributed by atoms with E-state index >= 15 is 0 Å². The monoisotopic (exact) mass is 328 g/mol. The third kappa shape index (κ3) is 2.14. The van der Waals surface area contributed by atoms with Gasteiger partial charge in [0.2, 0.25) is 0 Å². The Hall–Kier alpha value is -2.01. The van der Waals surface area contributed by atoms with Crippen LogP contribution in [0, 0.1) is 13.8 Å². The Morgan fingerprint density at radius 1 is 1.10 bits per heavy atom. The van der Waals surface area contributed by atoms with Crippen molar-refractivity contribution in [1.29, 1.82) is 0 Å². The smallest absolute Gasteiger partial charge is 0.165 e. The molecule has 5 heteroatoms. The van der Waals surface area contributed by atoms with Crippen LogP contribution in [0.15, 0.2) is 34.9 Å². The first kappa shape index (κ1) is 13.0. The number of halogens is 1. The predicted molar refractivity (Wildman–Crippen MR) is 84.4 cm³/mol. The van der Waals surface area contributed by atoms with Gasteiger partial charge in [0.05, 0.1) is 0 Å². The Labute approximate surface area is 125 Å². The highest BCUT2D eigenvalue weighted by atomic mass is 79.9. The van der Waals surface area contributed by atoms with Crippen LogP contribution in [0.2, 0.25) is 0 Å². The third-order valence-electron chi connectivity index (χ3n) is 3.28. The summed E-state index contributed by atoms with van der Waals surface area (Å²) in [7, 11) is 0. The van der Waals surface area contributed by atoms with E-state index in [1.165, 1.54) is 0 Å². The van der Waals surface area contributed by atoms with Gasteiger partial charge >= 0.3 is 0 Å². The topological polar surface area (TPSA) is 64.7 Å². The number of aromatic nitrogens is 3. The van der Waals surface area contributed by atoms with E-state index in [-0.39, 0.29) is 0 Å². The van der Waals surface area contributed by atoms with Crippen molar-refractivity contribution in [2.45, 2.75) is 13.8 Å². The van der Waals surface area contributed by atoms with E-state index in [0.29, 0.717) is 17.3 Å². The molecule has 0 aliphatic carbocycles. The first-order chi connectivity index (χ1) is 9.56. The number of pyridine rings is 1. The number of aryl methyl sites for hydroxylation is 1. The Bertz CT molecular complexity index is 814. The van der Waals surface area contributed by atoms with E-state index in [0.717, 1.165) is 26.5 Å². The van der Waals surface area contributed by atoms with E-state index in [4.69, 9.17) is 5.73 Å². The Morgan fingerprint density at radius 2 is 1.90 bits per heavy atom. The number of rotatable bonds is 1. The first-order valence-electron chi connectivity index (χ1n) is 6.21. The lowest BCUT2D eigenvalue weighted by Crippen LogP contribution is -1.99. The van der Waals surface area contributed by atoms with Crippen LogP contribution < -0.4 is 5.73 Å². The minimum absolute atomic E-state index is 0.483. The lowest BCUT2D eigenvalue weighted by molar-refractivity contribution is 1.07. The van der Waals surface area contributed by atoms with E-state index in [1.54, 1.807) is 6.20 Å². The van der Waals surface area contributed by atoms with Gasteiger partial charge < -0.3 is 5.73 Å². The normalized spacial score (nSPS) is 10.9. The number of nitrogens with zero attached hydrogens (tertiary/aromatic N) is 3. The van der Waals surface area contributed by atoms with Gasteiger partial charge in [-0.25, -0.2) is 15.0 Å². The van der Waals surface area contributed by atoms with Crippen LogP contribution in [0.1, 0.15) is 11.4 Å². The van der Waals surface area contributed by atoms with Crippen LogP contribution in [0.25, 0.3) is 22.2 Å². The molecule has 0 radical (unpaired) electrons.